The molecular formula is C21H13Cl3N2O4S. The standard InChI is InChI=1S/C21H13Cl3N2O4S/c1-9-16-19(27)25-18(26-20(16)31-17(9)21(28)29-2)14(24)8-11-4-6-15(30-11)10-3-5-12(22)13(23)7-10/h3-8H,1-2H3,(H,25,26,27)/b14-8-. The Hall–Kier alpha value is -2.58. The number of furan rings is 1. The largest absolute Gasteiger partial charge is 0.465 e. The molecule has 0 amide bonds. The molecule has 4 aromatic rings. The van der Waals surface area contributed by atoms with Crippen molar-refractivity contribution in [1.82, 2.24) is 9.97 Å². The molecule has 1 aromatic carbocycles. The van der Waals surface area contributed by atoms with E-state index in [9.17, 15) is 9.59 Å². The number of aromatic nitrogens is 2. The molecule has 31 heavy (non-hydrogen) atoms. The van der Waals surface area contributed by atoms with Crippen LogP contribution in [0.1, 0.15) is 26.8 Å². The summed E-state index contributed by atoms with van der Waals surface area (Å²) in [6.07, 6.45) is 1.54. The summed E-state index contributed by atoms with van der Waals surface area (Å²) in [5.41, 5.74) is 0.874. The van der Waals surface area contributed by atoms with Gasteiger partial charge in [0, 0.05) is 11.6 Å². The van der Waals surface area contributed by atoms with E-state index < -0.39 is 11.5 Å². The Balaban J connectivity index is 1.70. The summed E-state index contributed by atoms with van der Waals surface area (Å²) in [6.45, 7) is 1.67. The van der Waals surface area contributed by atoms with Crippen molar-refractivity contribution in [3.05, 3.63) is 72.8 Å². The van der Waals surface area contributed by atoms with E-state index >= 15 is 0 Å². The number of aromatic amines is 1. The van der Waals surface area contributed by atoms with Crippen molar-refractivity contribution in [2.24, 2.45) is 0 Å². The molecule has 4 rings (SSSR count). The van der Waals surface area contributed by atoms with Gasteiger partial charge in [-0.05, 0) is 42.8 Å². The van der Waals surface area contributed by atoms with E-state index in [4.69, 9.17) is 44.0 Å². The minimum atomic E-state index is -0.520. The third-order valence-corrected chi connectivity index (χ3v) is 6.69. The summed E-state index contributed by atoms with van der Waals surface area (Å²) in [6, 6.07) is 8.65. The maximum absolute atomic E-state index is 12.6. The molecule has 6 nitrogen and oxygen atoms in total. The molecule has 158 valence electrons. The number of rotatable bonds is 4. The van der Waals surface area contributed by atoms with Crippen LogP contribution in [0.2, 0.25) is 10.0 Å². The van der Waals surface area contributed by atoms with Crippen LogP contribution in [0.15, 0.2) is 39.5 Å². The molecule has 0 unspecified atom stereocenters. The molecule has 1 N–H and O–H groups in total. The van der Waals surface area contributed by atoms with E-state index in [1.807, 2.05) is 0 Å². The van der Waals surface area contributed by atoms with Crippen molar-refractivity contribution in [3.63, 3.8) is 0 Å². The summed E-state index contributed by atoms with van der Waals surface area (Å²) >= 11 is 19.5. The van der Waals surface area contributed by atoms with Crippen molar-refractivity contribution in [2.45, 2.75) is 6.92 Å². The first-order chi connectivity index (χ1) is 14.8. The van der Waals surface area contributed by atoms with Gasteiger partial charge in [0.1, 0.15) is 21.2 Å². The normalized spacial score (nSPS) is 11.8. The SMILES string of the molecule is COC(=O)c1sc2nc(/C(Cl)=C/c3ccc(-c4ccc(Cl)c(Cl)c4)o3)[nH]c(=O)c2c1C. The lowest BCUT2D eigenvalue weighted by atomic mass is 10.2. The van der Waals surface area contributed by atoms with Gasteiger partial charge in [-0.1, -0.05) is 34.8 Å². The average Bonchev–Trinajstić information content (AvgIpc) is 3.34. The van der Waals surface area contributed by atoms with Crippen LogP contribution in [0, 0.1) is 6.92 Å². The van der Waals surface area contributed by atoms with Gasteiger partial charge in [0.25, 0.3) is 5.56 Å². The van der Waals surface area contributed by atoms with Crippen LogP contribution < -0.4 is 5.56 Å². The summed E-state index contributed by atoms with van der Waals surface area (Å²) in [5.74, 6) is 0.659. The van der Waals surface area contributed by atoms with Gasteiger partial charge in [-0.2, -0.15) is 0 Å². The van der Waals surface area contributed by atoms with Crippen molar-refractivity contribution < 1.29 is 13.9 Å². The number of benzene rings is 1. The van der Waals surface area contributed by atoms with Gasteiger partial charge >= 0.3 is 5.97 Å². The Morgan fingerprint density at radius 2 is 2.00 bits per heavy atom. The van der Waals surface area contributed by atoms with E-state index in [0.717, 1.165) is 16.9 Å². The molecule has 0 bridgehead atoms. The molecule has 0 fully saturated rings. The summed E-state index contributed by atoms with van der Waals surface area (Å²) in [5, 5.41) is 1.36. The first-order valence-electron chi connectivity index (χ1n) is 8.83. The average molecular weight is 496 g/mol. The number of fused-ring (bicyclic) bond motifs is 1. The number of hydrogen-bond donors (Lipinski definition) is 1. The molecule has 0 spiro atoms. The zero-order chi connectivity index (χ0) is 22.3. The highest BCUT2D eigenvalue weighted by Gasteiger charge is 2.20. The Bertz CT molecular complexity index is 1420. The molecule has 0 aliphatic carbocycles. The first-order valence-corrected chi connectivity index (χ1v) is 10.8. The molecule has 0 radical (unpaired) electrons. The molecule has 10 heteroatoms. The molecule has 0 saturated heterocycles. The number of nitrogens with zero attached hydrogens (tertiary/aromatic N) is 1. The monoisotopic (exact) mass is 494 g/mol. The second-order valence-electron chi connectivity index (χ2n) is 6.47. The highest BCUT2D eigenvalue weighted by atomic mass is 35.5. The van der Waals surface area contributed by atoms with Crippen LogP contribution in [0.3, 0.4) is 0 Å². The second-order valence-corrected chi connectivity index (χ2v) is 8.69. The molecule has 0 aliphatic heterocycles. The fraction of sp³-hybridized carbons (Fsp3) is 0.0952. The van der Waals surface area contributed by atoms with Gasteiger partial charge in [0.05, 0.1) is 27.6 Å². The Morgan fingerprint density at radius 1 is 1.23 bits per heavy atom. The Morgan fingerprint density at radius 3 is 2.71 bits per heavy atom. The zero-order valence-electron chi connectivity index (χ0n) is 16.1. The van der Waals surface area contributed by atoms with Crippen molar-refractivity contribution in [3.8, 4) is 11.3 Å². The zero-order valence-corrected chi connectivity index (χ0v) is 19.2. The van der Waals surface area contributed by atoms with E-state index in [1.54, 1.807) is 37.3 Å². The van der Waals surface area contributed by atoms with E-state index in [1.165, 1.54) is 13.2 Å². The fourth-order valence-electron chi connectivity index (χ4n) is 2.97. The Labute approximate surface area is 195 Å². The lowest BCUT2D eigenvalue weighted by Crippen LogP contribution is -2.10. The number of carbonyl (C=O) groups is 1. The van der Waals surface area contributed by atoms with Gasteiger partial charge < -0.3 is 14.1 Å². The number of halogens is 3. The van der Waals surface area contributed by atoms with Crippen LogP contribution in [0.5, 0.6) is 0 Å². The van der Waals surface area contributed by atoms with Crippen LogP contribution >= 0.6 is 46.1 Å². The predicted octanol–water partition coefficient (Wildman–Crippen LogP) is 6.38. The van der Waals surface area contributed by atoms with E-state index in [-0.39, 0.29) is 10.9 Å². The lowest BCUT2D eigenvalue weighted by molar-refractivity contribution is 0.0605. The minimum absolute atomic E-state index is 0.157. The number of thiophene rings is 1. The molecule has 3 aromatic heterocycles. The fourth-order valence-corrected chi connectivity index (χ4v) is 4.57. The van der Waals surface area contributed by atoms with Crippen molar-refractivity contribution in [1.29, 1.82) is 0 Å². The van der Waals surface area contributed by atoms with Crippen molar-refractivity contribution in [2.75, 3.05) is 7.11 Å². The molecule has 0 saturated carbocycles. The van der Waals surface area contributed by atoms with E-state index in [2.05, 4.69) is 9.97 Å². The quantitative estimate of drug-likeness (QED) is 0.332. The van der Waals surface area contributed by atoms with Crippen LogP contribution in [-0.4, -0.2) is 23.0 Å². The minimum Gasteiger partial charge on any atom is -0.465 e. The van der Waals surface area contributed by atoms with Crippen molar-refractivity contribution >= 4 is 73.4 Å². The number of nitrogens with one attached hydrogen (secondary N) is 1. The second kappa shape index (κ2) is 8.51. The number of carbonyl (C=O) groups excluding carboxylic acids is 1. The predicted molar refractivity (Wildman–Crippen MR) is 124 cm³/mol. The summed E-state index contributed by atoms with van der Waals surface area (Å²) in [7, 11) is 1.28. The highest BCUT2D eigenvalue weighted by Crippen LogP contribution is 2.32. The molecule has 0 aliphatic rings. The number of ether oxygens (including phenoxy) is 1. The first kappa shape index (κ1) is 21.6. The topological polar surface area (TPSA) is 85.2 Å². The number of hydrogen-bond acceptors (Lipinski definition) is 6. The highest BCUT2D eigenvalue weighted by molar-refractivity contribution is 7.20. The van der Waals surface area contributed by atoms with Crippen LogP contribution in [-0.2, 0) is 4.74 Å². The van der Waals surface area contributed by atoms with E-state index in [0.29, 0.717) is 42.2 Å². The van der Waals surface area contributed by atoms with Gasteiger partial charge in [-0.15, -0.1) is 11.3 Å². The summed E-state index contributed by atoms with van der Waals surface area (Å²) in [4.78, 5) is 32.3. The molecule has 3 heterocycles. The molecule has 0 atom stereocenters. The maximum Gasteiger partial charge on any atom is 0.348 e. The third kappa shape index (κ3) is 4.14. The maximum atomic E-state index is 12.6. The third-order valence-electron chi connectivity index (χ3n) is 4.50. The van der Waals surface area contributed by atoms with Gasteiger partial charge in [0.15, 0.2) is 5.82 Å². The van der Waals surface area contributed by atoms with Gasteiger partial charge in [-0.25, -0.2) is 9.78 Å². The Kier molecular flexibility index (Phi) is 5.94. The number of esters is 1. The number of aryl methyl sites for hydroxylation is 1. The van der Waals surface area contributed by atoms with Crippen LogP contribution in [0.25, 0.3) is 32.6 Å². The lowest BCUT2D eigenvalue weighted by Gasteiger charge is -2.00. The summed E-state index contributed by atoms with van der Waals surface area (Å²) < 4.78 is 10.6. The van der Waals surface area contributed by atoms with Gasteiger partial charge in [0.2, 0.25) is 0 Å². The smallest absolute Gasteiger partial charge is 0.348 e. The van der Waals surface area contributed by atoms with Gasteiger partial charge in [-0.3, -0.25) is 4.79 Å². The van der Waals surface area contributed by atoms with Crippen LogP contribution in [0.4, 0.5) is 0 Å². The molecular weight excluding hydrogens is 483 g/mol. The number of methoxy groups -OCH3 is 1. The number of H-pyrrole nitrogens is 1.